The maximum absolute atomic E-state index is 11.8. The summed E-state index contributed by atoms with van der Waals surface area (Å²) in [4.78, 5) is 23.1. The van der Waals surface area contributed by atoms with Crippen LogP contribution in [0.25, 0.3) is 0 Å². The first kappa shape index (κ1) is 10.6. The highest BCUT2D eigenvalue weighted by atomic mass is 16.2. The molecule has 1 aromatic rings. The quantitative estimate of drug-likeness (QED) is 0.709. The highest BCUT2D eigenvalue weighted by Crippen LogP contribution is 2.33. The van der Waals surface area contributed by atoms with Crippen LogP contribution < -0.4 is 11.0 Å². The Hall–Kier alpha value is -1.96. The minimum absolute atomic E-state index is 0.0280. The molecule has 0 spiro atoms. The number of imidazole rings is 1. The number of hydrogen-bond acceptors (Lipinski definition) is 2. The lowest BCUT2D eigenvalue weighted by molar-refractivity contribution is -0.121. The first-order chi connectivity index (χ1) is 7.72. The number of nitrogens with one attached hydrogen (secondary N) is 1. The van der Waals surface area contributed by atoms with E-state index in [9.17, 15) is 9.59 Å². The smallest absolute Gasteiger partial charge is 0.328 e. The fraction of sp³-hybridized carbons (Fsp3) is 0.455. The molecular weight excluding hydrogens is 206 g/mol. The summed E-state index contributed by atoms with van der Waals surface area (Å²) in [5.74, 6) is 2.07. The molecule has 84 valence electrons. The van der Waals surface area contributed by atoms with Gasteiger partial charge in [0.15, 0.2) is 0 Å². The zero-order valence-electron chi connectivity index (χ0n) is 8.85. The number of rotatable bonds is 4. The predicted molar refractivity (Wildman–Crippen MR) is 58.8 cm³/mol. The minimum atomic E-state index is -0.242. The molecule has 5 heteroatoms. The van der Waals surface area contributed by atoms with E-state index in [-0.39, 0.29) is 24.7 Å². The van der Waals surface area contributed by atoms with Crippen molar-refractivity contribution in [3.05, 3.63) is 22.9 Å². The third kappa shape index (κ3) is 2.16. The molecule has 1 amide bonds. The van der Waals surface area contributed by atoms with Crippen LogP contribution in [0.1, 0.15) is 18.9 Å². The summed E-state index contributed by atoms with van der Waals surface area (Å²) < 4.78 is 3.07. The van der Waals surface area contributed by atoms with E-state index in [0.29, 0.717) is 6.04 Å². The Morgan fingerprint density at radius 1 is 1.56 bits per heavy atom. The highest BCUT2D eigenvalue weighted by molar-refractivity contribution is 5.75. The zero-order chi connectivity index (χ0) is 11.5. The van der Waals surface area contributed by atoms with Crippen LogP contribution in [0, 0.1) is 12.3 Å². The van der Waals surface area contributed by atoms with Gasteiger partial charge < -0.3 is 5.32 Å². The van der Waals surface area contributed by atoms with Gasteiger partial charge in [-0.15, -0.1) is 6.42 Å². The van der Waals surface area contributed by atoms with Gasteiger partial charge in [0.1, 0.15) is 6.54 Å². The molecule has 0 saturated heterocycles. The first-order valence-electron chi connectivity index (χ1n) is 5.20. The summed E-state index contributed by atoms with van der Waals surface area (Å²) in [7, 11) is 0. The molecule has 5 nitrogen and oxygen atoms in total. The van der Waals surface area contributed by atoms with Gasteiger partial charge >= 0.3 is 5.69 Å². The summed E-state index contributed by atoms with van der Waals surface area (Å²) in [6.07, 6.45) is 10.5. The summed E-state index contributed by atoms with van der Waals surface area (Å²) in [6, 6.07) is 0.336. The molecule has 1 aliphatic rings. The Labute approximate surface area is 93.1 Å². The van der Waals surface area contributed by atoms with Crippen LogP contribution in [-0.2, 0) is 11.3 Å². The highest BCUT2D eigenvalue weighted by Gasteiger charge is 2.25. The van der Waals surface area contributed by atoms with Crippen molar-refractivity contribution >= 4 is 5.91 Å². The average molecular weight is 219 g/mol. The lowest BCUT2D eigenvalue weighted by Crippen LogP contribution is -2.32. The van der Waals surface area contributed by atoms with Crippen molar-refractivity contribution in [1.29, 1.82) is 0 Å². The van der Waals surface area contributed by atoms with E-state index in [1.807, 2.05) is 0 Å². The number of amides is 1. The van der Waals surface area contributed by atoms with Crippen LogP contribution in [0.5, 0.6) is 0 Å². The molecule has 0 bridgehead atoms. The van der Waals surface area contributed by atoms with Gasteiger partial charge in [0.05, 0.1) is 6.54 Å². The van der Waals surface area contributed by atoms with Crippen molar-refractivity contribution in [2.45, 2.75) is 25.4 Å². The number of nitrogens with zero attached hydrogens (tertiary/aromatic N) is 2. The largest absolute Gasteiger partial charge is 0.344 e. The molecule has 0 unspecified atom stereocenters. The van der Waals surface area contributed by atoms with Crippen LogP contribution in [0.2, 0.25) is 0 Å². The molecule has 1 aliphatic carbocycles. The fourth-order valence-corrected chi connectivity index (χ4v) is 1.54. The van der Waals surface area contributed by atoms with E-state index in [2.05, 4.69) is 11.2 Å². The van der Waals surface area contributed by atoms with Crippen molar-refractivity contribution in [2.24, 2.45) is 0 Å². The molecule has 16 heavy (non-hydrogen) atoms. The van der Waals surface area contributed by atoms with Gasteiger partial charge in [0.25, 0.3) is 0 Å². The second kappa shape index (κ2) is 4.27. The lowest BCUT2D eigenvalue weighted by Gasteiger charge is -2.01. The summed E-state index contributed by atoms with van der Waals surface area (Å²) >= 11 is 0. The van der Waals surface area contributed by atoms with E-state index >= 15 is 0 Å². The Morgan fingerprint density at radius 3 is 2.94 bits per heavy atom. The lowest BCUT2D eigenvalue weighted by atomic mass is 10.5. The summed E-state index contributed by atoms with van der Waals surface area (Å²) in [6.45, 7) is 0.219. The molecule has 0 aromatic carbocycles. The van der Waals surface area contributed by atoms with Crippen LogP contribution in [0.4, 0.5) is 0 Å². The van der Waals surface area contributed by atoms with E-state index in [0.717, 1.165) is 12.8 Å². The van der Waals surface area contributed by atoms with Crippen LogP contribution >= 0.6 is 0 Å². The van der Waals surface area contributed by atoms with Gasteiger partial charge in [0.2, 0.25) is 5.91 Å². The second-order valence-corrected chi connectivity index (χ2v) is 3.83. The topological polar surface area (TPSA) is 56.0 Å². The molecule has 1 N–H and O–H groups in total. The van der Waals surface area contributed by atoms with Gasteiger partial charge in [-0.1, -0.05) is 5.92 Å². The molecular formula is C11H13N3O2. The van der Waals surface area contributed by atoms with E-state index in [1.54, 1.807) is 17.0 Å². The fourth-order valence-electron chi connectivity index (χ4n) is 1.54. The average Bonchev–Trinajstić information content (AvgIpc) is 3.04. The third-order valence-corrected chi connectivity index (χ3v) is 2.52. The molecule has 1 saturated carbocycles. The number of aromatic nitrogens is 2. The van der Waals surface area contributed by atoms with E-state index in [1.165, 1.54) is 4.57 Å². The molecule has 1 heterocycles. The van der Waals surface area contributed by atoms with Gasteiger partial charge in [-0.05, 0) is 12.8 Å². The first-order valence-corrected chi connectivity index (χ1v) is 5.20. The monoisotopic (exact) mass is 219 g/mol. The molecule has 0 radical (unpaired) electrons. The number of hydrogen-bond donors (Lipinski definition) is 1. The van der Waals surface area contributed by atoms with Crippen molar-refractivity contribution < 1.29 is 4.79 Å². The van der Waals surface area contributed by atoms with Crippen molar-refractivity contribution in [3.63, 3.8) is 0 Å². The maximum Gasteiger partial charge on any atom is 0.328 e. The van der Waals surface area contributed by atoms with E-state index < -0.39 is 0 Å². The summed E-state index contributed by atoms with van der Waals surface area (Å²) in [5, 5.41) is 2.52. The van der Waals surface area contributed by atoms with Crippen LogP contribution in [0.3, 0.4) is 0 Å². The number of carbonyl (C=O) groups is 1. The third-order valence-electron chi connectivity index (χ3n) is 2.52. The van der Waals surface area contributed by atoms with E-state index in [4.69, 9.17) is 6.42 Å². The maximum atomic E-state index is 11.8. The van der Waals surface area contributed by atoms with Crippen LogP contribution in [-0.4, -0.2) is 21.6 Å². The Balaban J connectivity index is 2.02. The predicted octanol–water partition coefficient (Wildman–Crippen LogP) is -0.266. The zero-order valence-corrected chi connectivity index (χ0v) is 8.85. The van der Waals surface area contributed by atoms with Crippen molar-refractivity contribution in [2.75, 3.05) is 6.54 Å². The van der Waals surface area contributed by atoms with Crippen molar-refractivity contribution in [3.8, 4) is 12.3 Å². The van der Waals surface area contributed by atoms with Crippen LogP contribution in [0.15, 0.2) is 17.2 Å². The van der Waals surface area contributed by atoms with Crippen molar-refractivity contribution in [1.82, 2.24) is 14.5 Å². The molecule has 2 rings (SSSR count). The van der Waals surface area contributed by atoms with Gasteiger partial charge in [0, 0.05) is 18.4 Å². The summed E-state index contributed by atoms with van der Waals surface area (Å²) in [5.41, 5.74) is -0.127. The Kier molecular flexibility index (Phi) is 2.82. The molecule has 1 aromatic heterocycles. The van der Waals surface area contributed by atoms with Gasteiger partial charge in [-0.3, -0.25) is 13.9 Å². The molecule has 1 fully saturated rings. The second-order valence-electron chi connectivity index (χ2n) is 3.83. The number of terminal acetylenes is 1. The van der Waals surface area contributed by atoms with Gasteiger partial charge in [-0.25, -0.2) is 4.79 Å². The normalized spacial score (nSPS) is 14.4. The molecule has 0 atom stereocenters. The Bertz CT molecular complexity index is 488. The minimum Gasteiger partial charge on any atom is -0.344 e. The standard InChI is InChI=1S/C11H13N3O2/c1-2-5-12-10(15)8-13-6-7-14(11(13)16)9-3-4-9/h1,6-7,9H,3-5,8H2,(H,12,15). The SMILES string of the molecule is C#CCNC(=O)Cn1ccn(C2CC2)c1=O. The molecule has 0 aliphatic heterocycles. The van der Waals surface area contributed by atoms with Gasteiger partial charge in [-0.2, -0.15) is 0 Å². The Morgan fingerprint density at radius 2 is 2.31 bits per heavy atom. The number of carbonyl (C=O) groups excluding carboxylic acids is 1.